The molecule has 0 saturated carbocycles. The summed E-state index contributed by atoms with van der Waals surface area (Å²) in [6.07, 6.45) is 5.23. The van der Waals surface area contributed by atoms with Crippen molar-refractivity contribution in [2.75, 3.05) is 0 Å². The summed E-state index contributed by atoms with van der Waals surface area (Å²) in [5, 5.41) is 0. The normalized spacial score (nSPS) is 24.5. The minimum Gasteiger partial charge on any atom is -0.359 e. The lowest BCUT2D eigenvalue weighted by molar-refractivity contribution is -0.0271. The van der Waals surface area contributed by atoms with Crippen molar-refractivity contribution in [1.82, 2.24) is 9.55 Å². The number of fused-ring (bicyclic) bond motifs is 4. The average molecular weight is 262 g/mol. The van der Waals surface area contributed by atoms with Crippen LogP contribution in [0.4, 0.5) is 8.78 Å². The molecule has 1 aromatic heterocycles. The SMILES string of the molecule is Fc1cc2c(cc1F)C1(CCCn3cncc31)OC2. The first-order valence-electron chi connectivity index (χ1n) is 6.34. The van der Waals surface area contributed by atoms with Crippen molar-refractivity contribution < 1.29 is 13.5 Å². The molecule has 1 unspecified atom stereocenters. The van der Waals surface area contributed by atoms with Crippen LogP contribution in [0.3, 0.4) is 0 Å². The van der Waals surface area contributed by atoms with E-state index in [2.05, 4.69) is 4.98 Å². The van der Waals surface area contributed by atoms with E-state index in [0.717, 1.165) is 36.2 Å². The number of imidazole rings is 1. The Hall–Kier alpha value is -1.75. The van der Waals surface area contributed by atoms with Gasteiger partial charge in [0.1, 0.15) is 5.60 Å². The highest BCUT2D eigenvalue weighted by atomic mass is 19.2. The van der Waals surface area contributed by atoms with E-state index in [4.69, 9.17) is 4.74 Å². The molecule has 0 fully saturated rings. The minimum absolute atomic E-state index is 0.317. The Labute approximate surface area is 108 Å². The predicted molar refractivity (Wildman–Crippen MR) is 63.4 cm³/mol. The summed E-state index contributed by atoms with van der Waals surface area (Å²) in [4.78, 5) is 4.15. The molecule has 0 aliphatic carbocycles. The van der Waals surface area contributed by atoms with Crippen LogP contribution in [0, 0.1) is 11.6 Å². The van der Waals surface area contributed by atoms with Crippen molar-refractivity contribution in [2.45, 2.75) is 31.6 Å². The summed E-state index contributed by atoms with van der Waals surface area (Å²) >= 11 is 0. The summed E-state index contributed by atoms with van der Waals surface area (Å²) in [6.45, 7) is 1.21. The molecule has 0 saturated heterocycles. The van der Waals surface area contributed by atoms with Crippen LogP contribution in [0.2, 0.25) is 0 Å². The Morgan fingerprint density at radius 3 is 3.00 bits per heavy atom. The van der Waals surface area contributed by atoms with Gasteiger partial charge < -0.3 is 9.30 Å². The number of hydrogen-bond donors (Lipinski definition) is 0. The third-order valence-electron chi connectivity index (χ3n) is 4.11. The summed E-state index contributed by atoms with van der Waals surface area (Å²) in [5.74, 6) is -1.64. The standard InChI is InChI=1S/C14H12F2N2O/c15-11-4-9-7-19-14(10(9)5-12(11)16)2-1-3-18-8-17-6-13(14)18/h4-6,8H,1-3,7H2. The predicted octanol–water partition coefficient (Wildman–Crippen LogP) is 2.73. The van der Waals surface area contributed by atoms with Gasteiger partial charge in [-0.15, -0.1) is 0 Å². The molecule has 1 aromatic carbocycles. The van der Waals surface area contributed by atoms with Crippen molar-refractivity contribution in [3.63, 3.8) is 0 Å². The topological polar surface area (TPSA) is 27.1 Å². The van der Waals surface area contributed by atoms with Crippen LogP contribution in [0.15, 0.2) is 24.7 Å². The zero-order valence-corrected chi connectivity index (χ0v) is 10.2. The lowest BCUT2D eigenvalue weighted by Crippen LogP contribution is -2.34. The Morgan fingerprint density at radius 1 is 1.26 bits per heavy atom. The molecule has 0 radical (unpaired) electrons. The van der Waals surface area contributed by atoms with E-state index in [-0.39, 0.29) is 0 Å². The molecule has 3 heterocycles. The van der Waals surface area contributed by atoms with Gasteiger partial charge in [-0.05, 0) is 36.1 Å². The van der Waals surface area contributed by atoms with Crippen LogP contribution in [0.25, 0.3) is 0 Å². The van der Waals surface area contributed by atoms with Crippen LogP contribution >= 0.6 is 0 Å². The van der Waals surface area contributed by atoms with E-state index < -0.39 is 17.2 Å². The Balaban J connectivity index is 1.96. The maximum absolute atomic E-state index is 13.6. The van der Waals surface area contributed by atoms with Gasteiger partial charge in [-0.1, -0.05) is 0 Å². The molecular weight excluding hydrogens is 250 g/mol. The Morgan fingerprint density at radius 2 is 2.11 bits per heavy atom. The largest absolute Gasteiger partial charge is 0.359 e. The van der Waals surface area contributed by atoms with Crippen molar-refractivity contribution in [1.29, 1.82) is 0 Å². The highest BCUT2D eigenvalue weighted by molar-refractivity contribution is 5.43. The molecule has 0 amide bonds. The fraction of sp³-hybridized carbons (Fsp3) is 0.357. The maximum Gasteiger partial charge on any atom is 0.159 e. The van der Waals surface area contributed by atoms with Gasteiger partial charge in [0.2, 0.25) is 0 Å². The number of ether oxygens (including phenoxy) is 1. The van der Waals surface area contributed by atoms with E-state index in [1.165, 1.54) is 12.1 Å². The molecule has 19 heavy (non-hydrogen) atoms. The van der Waals surface area contributed by atoms with Gasteiger partial charge in [0, 0.05) is 6.54 Å². The second-order valence-corrected chi connectivity index (χ2v) is 5.11. The first kappa shape index (κ1) is 11.1. The molecule has 4 rings (SSSR count). The van der Waals surface area contributed by atoms with E-state index >= 15 is 0 Å². The highest BCUT2D eigenvalue weighted by Gasteiger charge is 2.46. The van der Waals surface area contributed by atoms with Gasteiger partial charge in [0.25, 0.3) is 0 Å². The van der Waals surface area contributed by atoms with Crippen molar-refractivity contribution in [3.05, 3.63) is 53.1 Å². The lowest BCUT2D eigenvalue weighted by Gasteiger charge is -2.34. The molecule has 2 aromatic rings. The molecule has 0 N–H and O–H groups in total. The van der Waals surface area contributed by atoms with E-state index in [1.54, 1.807) is 12.5 Å². The third kappa shape index (κ3) is 1.36. The van der Waals surface area contributed by atoms with Crippen molar-refractivity contribution in [2.24, 2.45) is 0 Å². The van der Waals surface area contributed by atoms with Gasteiger partial charge in [-0.2, -0.15) is 0 Å². The number of benzene rings is 1. The van der Waals surface area contributed by atoms with Crippen LogP contribution in [0.5, 0.6) is 0 Å². The molecule has 3 nitrogen and oxygen atoms in total. The fourth-order valence-electron chi connectivity index (χ4n) is 3.24. The summed E-state index contributed by atoms with van der Waals surface area (Å²) in [6, 6.07) is 2.52. The molecule has 1 atom stereocenters. The maximum atomic E-state index is 13.6. The first-order valence-corrected chi connectivity index (χ1v) is 6.34. The number of nitrogens with zero attached hydrogens (tertiary/aromatic N) is 2. The summed E-state index contributed by atoms with van der Waals surface area (Å²) < 4.78 is 34.9. The monoisotopic (exact) mass is 262 g/mol. The van der Waals surface area contributed by atoms with E-state index in [1.807, 2.05) is 4.57 Å². The quantitative estimate of drug-likeness (QED) is 0.730. The average Bonchev–Trinajstić information content (AvgIpc) is 2.99. The smallest absolute Gasteiger partial charge is 0.159 e. The van der Waals surface area contributed by atoms with Crippen LogP contribution < -0.4 is 0 Å². The lowest BCUT2D eigenvalue weighted by atomic mass is 9.83. The van der Waals surface area contributed by atoms with Gasteiger partial charge in [-0.3, -0.25) is 0 Å². The minimum atomic E-state index is -0.819. The second-order valence-electron chi connectivity index (χ2n) is 5.11. The summed E-state index contributed by atoms with van der Waals surface area (Å²) in [5.41, 5.74) is 1.75. The molecule has 2 aliphatic heterocycles. The zero-order valence-electron chi connectivity index (χ0n) is 10.2. The molecular formula is C14H12F2N2O. The van der Waals surface area contributed by atoms with Gasteiger partial charge in [0.05, 0.1) is 24.8 Å². The zero-order chi connectivity index (χ0) is 13.0. The Bertz CT molecular complexity index is 667. The number of aromatic nitrogens is 2. The van der Waals surface area contributed by atoms with E-state index in [9.17, 15) is 8.78 Å². The van der Waals surface area contributed by atoms with Crippen LogP contribution in [-0.4, -0.2) is 9.55 Å². The number of hydrogen-bond acceptors (Lipinski definition) is 2. The first-order chi connectivity index (χ1) is 9.21. The fourth-order valence-corrected chi connectivity index (χ4v) is 3.24. The molecule has 98 valence electrons. The van der Waals surface area contributed by atoms with Gasteiger partial charge in [-0.25, -0.2) is 13.8 Å². The van der Waals surface area contributed by atoms with Gasteiger partial charge in [0.15, 0.2) is 11.6 Å². The number of halogens is 2. The molecule has 0 bridgehead atoms. The number of aryl methyl sites for hydroxylation is 1. The van der Waals surface area contributed by atoms with Crippen molar-refractivity contribution in [3.8, 4) is 0 Å². The highest BCUT2D eigenvalue weighted by Crippen LogP contribution is 2.47. The third-order valence-corrected chi connectivity index (χ3v) is 4.11. The molecule has 1 spiro atoms. The van der Waals surface area contributed by atoms with Crippen LogP contribution in [-0.2, 0) is 23.5 Å². The summed E-state index contributed by atoms with van der Waals surface area (Å²) in [7, 11) is 0. The van der Waals surface area contributed by atoms with Crippen molar-refractivity contribution >= 4 is 0 Å². The van der Waals surface area contributed by atoms with Crippen LogP contribution in [0.1, 0.15) is 29.7 Å². The number of rotatable bonds is 0. The molecule has 2 aliphatic rings. The second kappa shape index (κ2) is 3.63. The van der Waals surface area contributed by atoms with E-state index in [0.29, 0.717) is 6.61 Å². The Kier molecular flexibility index (Phi) is 2.12. The van der Waals surface area contributed by atoms with Gasteiger partial charge >= 0.3 is 0 Å². The molecule has 5 heteroatoms.